The minimum absolute atomic E-state index is 0.0221. The van der Waals surface area contributed by atoms with E-state index >= 15 is 0 Å². The highest BCUT2D eigenvalue weighted by Crippen LogP contribution is 2.27. The lowest BCUT2D eigenvalue weighted by molar-refractivity contribution is 0.0951. The van der Waals surface area contributed by atoms with Gasteiger partial charge in [0, 0.05) is 5.71 Å². The number of hydrazone groups is 1. The van der Waals surface area contributed by atoms with Crippen LogP contribution in [0.15, 0.2) is 41.5 Å². The van der Waals surface area contributed by atoms with Crippen LogP contribution in [0.4, 0.5) is 0 Å². The number of aromatic hydroxyl groups is 1. The van der Waals surface area contributed by atoms with Crippen molar-refractivity contribution in [2.24, 2.45) is 16.9 Å². The van der Waals surface area contributed by atoms with E-state index in [4.69, 9.17) is 0 Å². The van der Waals surface area contributed by atoms with Crippen LogP contribution in [0.25, 0.3) is 10.8 Å². The predicted octanol–water partition coefficient (Wildman–Crippen LogP) is 4.09. The summed E-state index contributed by atoms with van der Waals surface area (Å²) in [7, 11) is 0. The fourth-order valence-electron chi connectivity index (χ4n) is 3.32. The molecule has 0 aromatic heterocycles. The highest BCUT2D eigenvalue weighted by Gasteiger charge is 2.23. The third-order valence-electron chi connectivity index (χ3n) is 4.68. The number of phenols is 1. The molecule has 0 heterocycles. The Morgan fingerprint density at radius 3 is 2.39 bits per heavy atom. The highest BCUT2D eigenvalue weighted by atomic mass is 16.3. The number of fused-ring (bicyclic) bond motifs is 1. The molecule has 2 aromatic carbocycles. The molecule has 4 nitrogen and oxygen atoms in total. The molecule has 1 amide bonds. The van der Waals surface area contributed by atoms with Gasteiger partial charge in [0.15, 0.2) is 0 Å². The maximum absolute atomic E-state index is 12.4. The van der Waals surface area contributed by atoms with E-state index in [2.05, 4.69) is 24.4 Å². The molecular formula is C19H22N2O2. The van der Waals surface area contributed by atoms with Gasteiger partial charge in [-0.3, -0.25) is 4.79 Å². The fraction of sp³-hybridized carbons (Fsp3) is 0.368. The van der Waals surface area contributed by atoms with Crippen LogP contribution >= 0.6 is 0 Å². The molecule has 1 aliphatic rings. The van der Waals surface area contributed by atoms with Gasteiger partial charge in [-0.05, 0) is 47.6 Å². The number of nitrogens with one attached hydrogen (secondary N) is 1. The average Bonchev–Trinajstić information content (AvgIpc) is 2.53. The Morgan fingerprint density at radius 2 is 1.74 bits per heavy atom. The lowest BCUT2D eigenvalue weighted by Gasteiger charge is -2.26. The maximum atomic E-state index is 12.4. The van der Waals surface area contributed by atoms with Crippen LogP contribution in [0, 0.1) is 11.8 Å². The Labute approximate surface area is 136 Å². The minimum atomic E-state index is -0.370. The Kier molecular flexibility index (Phi) is 4.33. The summed E-state index contributed by atoms with van der Waals surface area (Å²) in [5.41, 5.74) is 3.92. The number of phenolic OH excluding ortho intramolecular Hbond substituents is 1. The zero-order valence-electron chi connectivity index (χ0n) is 13.5. The third kappa shape index (κ3) is 3.21. The van der Waals surface area contributed by atoms with Crippen molar-refractivity contribution >= 4 is 22.4 Å². The van der Waals surface area contributed by atoms with Gasteiger partial charge in [0.1, 0.15) is 5.75 Å². The number of carbonyl (C=O) groups excluding carboxylic acids is 1. The van der Waals surface area contributed by atoms with E-state index in [-0.39, 0.29) is 17.2 Å². The summed E-state index contributed by atoms with van der Waals surface area (Å²) in [6, 6.07) is 11.0. The van der Waals surface area contributed by atoms with Crippen molar-refractivity contribution in [3.05, 3.63) is 42.0 Å². The van der Waals surface area contributed by atoms with Crippen LogP contribution in [-0.4, -0.2) is 16.7 Å². The Hall–Kier alpha value is -2.36. The zero-order chi connectivity index (χ0) is 16.4. The summed E-state index contributed by atoms with van der Waals surface area (Å²) >= 11 is 0. The quantitative estimate of drug-likeness (QED) is 0.821. The van der Waals surface area contributed by atoms with E-state index in [0.29, 0.717) is 11.8 Å². The van der Waals surface area contributed by atoms with Crippen molar-refractivity contribution in [3.63, 3.8) is 0 Å². The molecule has 0 radical (unpaired) electrons. The molecular weight excluding hydrogens is 288 g/mol. The van der Waals surface area contributed by atoms with Crippen LogP contribution in [0.1, 0.15) is 43.5 Å². The van der Waals surface area contributed by atoms with Crippen LogP contribution in [0.3, 0.4) is 0 Å². The third-order valence-corrected chi connectivity index (χ3v) is 4.68. The molecule has 0 bridgehead atoms. The first-order valence-corrected chi connectivity index (χ1v) is 8.16. The topological polar surface area (TPSA) is 61.7 Å². The number of rotatable bonds is 2. The fourth-order valence-corrected chi connectivity index (χ4v) is 3.32. The van der Waals surface area contributed by atoms with Gasteiger partial charge in [-0.1, -0.05) is 44.5 Å². The predicted molar refractivity (Wildman–Crippen MR) is 92.7 cm³/mol. The molecule has 2 aromatic rings. The van der Waals surface area contributed by atoms with E-state index in [1.54, 1.807) is 12.1 Å². The van der Waals surface area contributed by atoms with Gasteiger partial charge in [0.25, 0.3) is 5.91 Å². The first kappa shape index (κ1) is 15.5. The summed E-state index contributed by atoms with van der Waals surface area (Å²) < 4.78 is 0. The van der Waals surface area contributed by atoms with Crippen molar-refractivity contribution in [3.8, 4) is 5.75 Å². The van der Waals surface area contributed by atoms with Crippen molar-refractivity contribution in [2.45, 2.75) is 33.1 Å². The SMILES string of the molecule is C[C@@H]1CCC[C@H](C)C1=NNC(=O)c1cc2ccccc2cc1O. The van der Waals surface area contributed by atoms with Crippen molar-refractivity contribution in [1.82, 2.24) is 5.43 Å². The highest BCUT2D eigenvalue weighted by molar-refractivity contribution is 6.02. The molecule has 0 saturated heterocycles. The minimum Gasteiger partial charge on any atom is -0.507 e. The summed E-state index contributed by atoms with van der Waals surface area (Å²) in [6.07, 6.45) is 3.43. The van der Waals surface area contributed by atoms with Gasteiger partial charge < -0.3 is 5.11 Å². The van der Waals surface area contributed by atoms with Crippen molar-refractivity contribution < 1.29 is 9.90 Å². The molecule has 1 aliphatic carbocycles. The number of amides is 1. The number of hydrogen-bond acceptors (Lipinski definition) is 3. The molecule has 1 fully saturated rings. The molecule has 23 heavy (non-hydrogen) atoms. The van der Waals surface area contributed by atoms with Gasteiger partial charge in [-0.15, -0.1) is 0 Å². The van der Waals surface area contributed by atoms with E-state index in [0.717, 1.165) is 29.3 Å². The zero-order valence-corrected chi connectivity index (χ0v) is 13.5. The summed E-state index contributed by atoms with van der Waals surface area (Å²) in [5.74, 6) is 0.394. The van der Waals surface area contributed by atoms with E-state index < -0.39 is 0 Å². The molecule has 4 heteroatoms. The van der Waals surface area contributed by atoms with Crippen molar-refractivity contribution in [1.29, 1.82) is 0 Å². The number of benzene rings is 2. The van der Waals surface area contributed by atoms with Gasteiger partial charge in [0.2, 0.25) is 0 Å². The maximum Gasteiger partial charge on any atom is 0.275 e. The lowest BCUT2D eigenvalue weighted by Crippen LogP contribution is -2.29. The standard InChI is InChI=1S/C19H22N2O2/c1-12-6-5-7-13(2)18(12)20-21-19(23)16-10-14-8-3-4-9-15(14)11-17(16)22/h3-4,8-13,22H,5-7H2,1-2H3,(H,21,23)/t12-,13+. The van der Waals surface area contributed by atoms with Crippen LogP contribution < -0.4 is 5.43 Å². The number of carbonyl (C=O) groups is 1. The second-order valence-electron chi connectivity index (χ2n) is 6.43. The van der Waals surface area contributed by atoms with Crippen LogP contribution in [0.2, 0.25) is 0 Å². The first-order chi connectivity index (χ1) is 11.1. The van der Waals surface area contributed by atoms with Crippen LogP contribution in [-0.2, 0) is 0 Å². The second-order valence-corrected chi connectivity index (χ2v) is 6.43. The Bertz CT molecular complexity index is 755. The number of hydrogen-bond donors (Lipinski definition) is 2. The molecule has 2 N–H and O–H groups in total. The summed E-state index contributed by atoms with van der Waals surface area (Å²) in [4.78, 5) is 12.4. The van der Waals surface area contributed by atoms with E-state index in [9.17, 15) is 9.90 Å². The Balaban J connectivity index is 1.84. The van der Waals surface area contributed by atoms with Gasteiger partial charge in [-0.2, -0.15) is 5.10 Å². The van der Waals surface area contributed by atoms with E-state index in [1.807, 2.05) is 24.3 Å². The average molecular weight is 310 g/mol. The smallest absolute Gasteiger partial charge is 0.275 e. The molecule has 0 unspecified atom stereocenters. The summed E-state index contributed by atoms with van der Waals surface area (Å²) in [6.45, 7) is 4.29. The molecule has 1 saturated carbocycles. The number of nitrogens with zero attached hydrogens (tertiary/aromatic N) is 1. The lowest BCUT2D eigenvalue weighted by atomic mass is 9.81. The largest absolute Gasteiger partial charge is 0.507 e. The van der Waals surface area contributed by atoms with Crippen molar-refractivity contribution in [2.75, 3.05) is 0 Å². The van der Waals surface area contributed by atoms with Gasteiger partial charge in [0.05, 0.1) is 5.56 Å². The molecule has 3 rings (SSSR count). The first-order valence-electron chi connectivity index (χ1n) is 8.16. The van der Waals surface area contributed by atoms with Gasteiger partial charge in [-0.25, -0.2) is 5.43 Å². The molecule has 120 valence electrons. The van der Waals surface area contributed by atoms with E-state index in [1.165, 1.54) is 6.42 Å². The molecule has 0 spiro atoms. The monoisotopic (exact) mass is 310 g/mol. The Morgan fingerprint density at radius 1 is 1.13 bits per heavy atom. The normalized spacial score (nSPS) is 23.1. The summed E-state index contributed by atoms with van der Waals surface area (Å²) in [5, 5.41) is 16.3. The molecule has 2 atom stereocenters. The second kappa shape index (κ2) is 6.41. The molecule has 0 aliphatic heterocycles. The van der Waals surface area contributed by atoms with Crippen LogP contribution in [0.5, 0.6) is 5.75 Å². The van der Waals surface area contributed by atoms with Gasteiger partial charge >= 0.3 is 0 Å².